The smallest absolute Gasteiger partial charge is 0.305 e. The summed E-state index contributed by atoms with van der Waals surface area (Å²) in [6.07, 6.45) is 0.0217. The number of hydrogen-bond acceptors (Lipinski definition) is 4. The number of carbonyl (C=O) groups is 1. The topological polar surface area (TPSA) is 71.8 Å². The lowest BCUT2D eigenvalue weighted by Gasteiger charge is -2.34. The average Bonchev–Trinajstić information content (AvgIpc) is 2.54. The fourth-order valence-corrected chi connectivity index (χ4v) is 3.11. The van der Waals surface area contributed by atoms with Gasteiger partial charge in [-0.1, -0.05) is 18.2 Å². The molecule has 0 aliphatic carbocycles. The molecule has 1 unspecified atom stereocenters. The number of para-hydroxylation sites is 1. The highest BCUT2D eigenvalue weighted by Gasteiger charge is 2.26. The largest absolute Gasteiger partial charge is 0.481 e. The Balaban J connectivity index is 1.92. The predicted molar refractivity (Wildman–Crippen MR) is 86.5 cm³/mol. The zero-order valence-corrected chi connectivity index (χ0v) is 13.1. The van der Waals surface area contributed by atoms with Crippen LogP contribution in [0.25, 0.3) is 10.9 Å². The van der Waals surface area contributed by atoms with Crippen LogP contribution in [0.3, 0.4) is 0 Å². The lowest BCUT2D eigenvalue weighted by atomic mass is 10.1. The molecule has 1 saturated heterocycles. The number of hydrogen-bond donors (Lipinski definition) is 1. The summed E-state index contributed by atoms with van der Waals surface area (Å²) in [6, 6.07) is 9.46. The van der Waals surface area contributed by atoms with E-state index >= 15 is 0 Å². The van der Waals surface area contributed by atoms with Crippen LogP contribution in [0.5, 0.6) is 0 Å². The third-order valence-corrected chi connectivity index (χ3v) is 4.34. The molecule has 0 spiro atoms. The van der Waals surface area contributed by atoms with Crippen molar-refractivity contribution in [3.8, 4) is 0 Å². The number of aryl methyl sites for hydroxylation is 1. The van der Waals surface area contributed by atoms with Gasteiger partial charge in [0.2, 0.25) is 0 Å². The zero-order chi connectivity index (χ0) is 16.4. The van der Waals surface area contributed by atoms with Crippen molar-refractivity contribution in [1.82, 2.24) is 9.47 Å². The summed E-state index contributed by atoms with van der Waals surface area (Å²) in [6.45, 7) is 2.02. The highest BCUT2D eigenvalue weighted by molar-refractivity contribution is 5.79. The lowest BCUT2D eigenvalue weighted by molar-refractivity contribution is -0.140. The molecule has 1 aromatic carbocycles. The fraction of sp³-hybridized carbons (Fsp3) is 0.412. The fourth-order valence-electron chi connectivity index (χ4n) is 3.11. The number of morpholine rings is 1. The van der Waals surface area contributed by atoms with Gasteiger partial charge in [0.1, 0.15) is 0 Å². The Bertz CT molecular complexity index is 784. The van der Waals surface area contributed by atoms with Crippen LogP contribution in [0, 0.1) is 0 Å². The van der Waals surface area contributed by atoms with Gasteiger partial charge in [-0.25, -0.2) is 0 Å². The Hall–Kier alpha value is -2.18. The van der Waals surface area contributed by atoms with Crippen molar-refractivity contribution >= 4 is 16.9 Å². The van der Waals surface area contributed by atoms with Gasteiger partial charge in [0, 0.05) is 31.7 Å². The molecule has 2 heterocycles. The molecular weight excluding hydrogens is 296 g/mol. The molecule has 2 aromatic rings. The molecule has 1 aliphatic rings. The summed E-state index contributed by atoms with van der Waals surface area (Å²) in [4.78, 5) is 25.6. The minimum atomic E-state index is -0.850. The van der Waals surface area contributed by atoms with Gasteiger partial charge < -0.3 is 14.4 Å². The van der Waals surface area contributed by atoms with Crippen LogP contribution in [-0.4, -0.2) is 46.3 Å². The van der Waals surface area contributed by atoms with Gasteiger partial charge in [-0.05, 0) is 17.5 Å². The maximum absolute atomic E-state index is 12.6. The molecule has 1 aliphatic heterocycles. The Morgan fingerprint density at radius 1 is 1.39 bits per heavy atom. The molecule has 0 amide bonds. The van der Waals surface area contributed by atoms with E-state index in [-0.39, 0.29) is 18.0 Å². The molecule has 0 radical (unpaired) electrons. The van der Waals surface area contributed by atoms with E-state index in [1.807, 2.05) is 35.2 Å². The van der Waals surface area contributed by atoms with Crippen molar-refractivity contribution in [2.75, 3.05) is 19.8 Å². The quantitative estimate of drug-likeness (QED) is 0.918. The summed E-state index contributed by atoms with van der Waals surface area (Å²) in [5, 5.41) is 10.0. The molecule has 1 atom stereocenters. The summed E-state index contributed by atoms with van der Waals surface area (Å²) < 4.78 is 7.04. The predicted octanol–water partition coefficient (Wildman–Crippen LogP) is 1.21. The lowest BCUT2D eigenvalue weighted by Crippen LogP contribution is -2.46. The van der Waals surface area contributed by atoms with Crippen LogP contribution in [0.15, 0.2) is 35.1 Å². The Kier molecular flexibility index (Phi) is 4.45. The number of pyridine rings is 1. The second-order valence-electron chi connectivity index (χ2n) is 5.89. The van der Waals surface area contributed by atoms with Crippen LogP contribution >= 0.6 is 0 Å². The number of rotatable bonds is 4. The minimum Gasteiger partial charge on any atom is -0.481 e. The maximum Gasteiger partial charge on any atom is 0.305 e. The number of fused-ring (bicyclic) bond motifs is 1. The summed E-state index contributed by atoms with van der Waals surface area (Å²) in [7, 11) is 1.77. The van der Waals surface area contributed by atoms with Gasteiger partial charge in [-0.3, -0.25) is 14.5 Å². The molecule has 3 rings (SSSR count). The maximum atomic E-state index is 12.6. The van der Waals surface area contributed by atoms with Crippen LogP contribution in [0.1, 0.15) is 12.0 Å². The van der Waals surface area contributed by atoms with E-state index in [1.54, 1.807) is 11.6 Å². The van der Waals surface area contributed by atoms with Gasteiger partial charge in [0.15, 0.2) is 0 Å². The van der Waals surface area contributed by atoms with Gasteiger partial charge in [0.25, 0.3) is 5.56 Å². The SMILES string of the molecule is Cn1c(=O)c(CN2CCOCC2CC(=O)O)cc2ccccc21. The molecule has 6 nitrogen and oxygen atoms in total. The average molecular weight is 316 g/mol. The van der Waals surface area contributed by atoms with Crippen LogP contribution in [0.2, 0.25) is 0 Å². The number of aromatic nitrogens is 1. The summed E-state index contributed by atoms with van der Waals surface area (Å²) >= 11 is 0. The molecule has 0 saturated carbocycles. The number of benzene rings is 1. The number of carboxylic acid groups (broad SMARTS) is 1. The molecule has 6 heteroatoms. The third kappa shape index (κ3) is 3.28. The van der Waals surface area contributed by atoms with Crippen molar-refractivity contribution in [2.45, 2.75) is 19.0 Å². The van der Waals surface area contributed by atoms with E-state index < -0.39 is 5.97 Å². The molecule has 1 N–H and O–H groups in total. The summed E-state index contributed by atoms with van der Waals surface area (Å²) in [5.74, 6) is -0.850. The number of aliphatic carboxylic acids is 1. The first-order valence-electron chi connectivity index (χ1n) is 7.67. The Morgan fingerprint density at radius 2 is 2.17 bits per heavy atom. The second kappa shape index (κ2) is 6.52. The van der Waals surface area contributed by atoms with Crippen LogP contribution in [-0.2, 0) is 23.1 Å². The summed E-state index contributed by atoms with van der Waals surface area (Å²) in [5.41, 5.74) is 1.54. The van der Waals surface area contributed by atoms with Crippen molar-refractivity contribution < 1.29 is 14.6 Å². The second-order valence-corrected chi connectivity index (χ2v) is 5.89. The molecular formula is C17H20N2O4. The number of ether oxygens (including phenoxy) is 1. The van der Waals surface area contributed by atoms with Gasteiger partial charge in [-0.2, -0.15) is 0 Å². The standard InChI is InChI=1S/C17H20N2O4/c1-18-15-5-3-2-4-12(15)8-13(17(18)22)10-19-6-7-23-11-14(19)9-16(20)21/h2-5,8,14H,6-7,9-11H2,1H3,(H,20,21). The van der Waals surface area contributed by atoms with Crippen molar-refractivity contribution in [3.63, 3.8) is 0 Å². The molecule has 0 bridgehead atoms. The molecule has 23 heavy (non-hydrogen) atoms. The first kappa shape index (κ1) is 15.7. The zero-order valence-electron chi connectivity index (χ0n) is 13.1. The highest BCUT2D eigenvalue weighted by Crippen LogP contribution is 2.17. The van der Waals surface area contributed by atoms with Gasteiger partial charge in [0.05, 0.1) is 25.2 Å². The van der Waals surface area contributed by atoms with Gasteiger partial charge >= 0.3 is 5.97 Å². The monoisotopic (exact) mass is 316 g/mol. The minimum absolute atomic E-state index is 0.0217. The van der Waals surface area contributed by atoms with E-state index in [0.717, 1.165) is 10.9 Å². The normalized spacial score (nSPS) is 19.1. The van der Waals surface area contributed by atoms with Crippen molar-refractivity contribution in [2.24, 2.45) is 7.05 Å². The van der Waals surface area contributed by atoms with E-state index in [2.05, 4.69) is 0 Å². The van der Waals surface area contributed by atoms with Crippen molar-refractivity contribution in [1.29, 1.82) is 0 Å². The van der Waals surface area contributed by atoms with Crippen LogP contribution < -0.4 is 5.56 Å². The van der Waals surface area contributed by atoms with E-state index in [9.17, 15) is 9.59 Å². The molecule has 122 valence electrons. The van der Waals surface area contributed by atoms with E-state index in [1.165, 1.54) is 0 Å². The Labute approximate surface area is 133 Å². The van der Waals surface area contributed by atoms with E-state index in [0.29, 0.717) is 31.9 Å². The number of carboxylic acids is 1. The third-order valence-electron chi connectivity index (χ3n) is 4.34. The highest BCUT2D eigenvalue weighted by atomic mass is 16.5. The number of nitrogens with zero attached hydrogens (tertiary/aromatic N) is 2. The Morgan fingerprint density at radius 3 is 2.96 bits per heavy atom. The van der Waals surface area contributed by atoms with Gasteiger partial charge in [-0.15, -0.1) is 0 Å². The first-order valence-corrected chi connectivity index (χ1v) is 7.67. The van der Waals surface area contributed by atoms with Crippen LogP contribution in [0.4, 0.5) is 0 Å². The molecule has 1 aromatic heterocycles. The van der Waals surface area contributed by atoms with Crippen molar-refractivity contribution in [3.05, 3.63) is 46.2 Å². The molecule has 1 fully saturated rings. The first-order chi connectivity index (χ1) is 11.1. The van der Waals surface area contributed by atoms with E-state index in [4.69, 9.17) is 9.84 Å².